The summed E-state index contributed by atoms with van der Waals surface area (Å²) in [7, 11) is -3.46. The van der Waals surface area contributed by atoms with E-state index in [2.05, 4.69) is 10.2 Å². The van der Waals surface area contributed by atoms with E-state index in [1.54, 1.807) is 24.3 Å². The van der Waals surface area contributed by atoms with Gasteiger partial charge in [-0.15, -0.1) is 0 Å². The highest BCUT2D eigenvalue weighted by atomic mass is 32.2. The number of nitrogens with one attached hydrogen (secondary N) is 1. The topological polar surface area (TPSA) is 109 Å². The van der Waals surface area contributed by atoms with Gasteiger partial charge in [0.25, 0.3) is 5.91 Å². The summed E-state index contributed by atoms with van der Waals surface area (Å²) in [6.45, 7) is 0.0416. The number of aromatic amines is 1. The fraction of sp³-hybridized carbons (Fsp3) is 0.167. The maximum Gasteiger partial charge on any atom is 0.269 e. The van der Waals surface area contributed by atoms with Crippen molar-refractivity contribution in [2.24, 2.45) is 5.73 Å². The summed E-state index contributed by atoms with van der Waals surface area (Å²) in [5.41, 5.74) is 7.71. The van der Waals surface area contributed by atoms with Gasteiger partial charge in [-0.25, -0.2) is 8.42 Å². The number of carbonyl (C=O) groups excluding carboxylic acids is 1. The van der Waals surface area contributed by atoms with E-state index in [0.717, 1.165) is 6.26 Å². The van der Waals surface area contributed by atoms with Gasteiger partial charge in [0.15, 0.2) is 5.69 Å². The molecular formula is C12H12N4O3S. The molecule has 0 unspecified atom stereocenters. The predicted molar refractivity (Wildman–Crippen MR) is 73.6 cm³/mol. The van der Waals surface area contributed by atoms with Gasteiger partial charge in [-0.1, -0.05) is 18.2 Å². The summed E-state index contributed by atoms with van der Waals surface area (Å²) in [6.07, 6.45) is 1.12. The molecule has 8 heteroatoms. The molecule has 3 N–H and O–H groups in total. The van der Waals surface area contributed by atoms with Gasteiger partial charge in [-0.2, -0.15) is 5.10 Å². The van der Waals surface area contributed by atoms with Crippen molar-refractivity contribution in [3.63, 3.8) is 0 Å². The predicted octanol–water partition coefficient (Wildman–Crippen LogP) is 0.455. The molecule has 1 aliphatic rings. The number of H-pyrrole nitrogens is 1. The molecule has 104 valence electrons. The first kappa shape index (κ1) is 12.7. The number of hydrogen-bond acceptors (Lipinski definition) is 4. The van der Waals surface area contributed by atoms with Crippen molar-refractivity contribution in [1.29, 1.82) is 0 Å². The van der Waals surface area contributed by atoms with E-state index < -0.39 is 15.9 Å². The first-order chi connectivity index (χ1) is 9.39. The Balaban J connectivity index is 2.30. The Labute approximate surface area is 115 Å². The van der Waals surface area contributed by atoms with Gasteiger partial charge in [0, 0.05) is 11.1 Å². The molecular weight excluding hydrogens is 280 g/mol. The molecule has 0 fully saturated rings. The number of para-hydroxylation sites is 1. The average molecular weight is 292 g/mol. The zero-order valence-electron chi connectivity index (χ0n) is 10.6. The molecule has 1 aromatic carbocycles. The third kappa shape index (κ3) is 1.76. The lowest BCUT2D eigenvalue weighted by Crippen LogP contribution is -2.33. The van der Waals surface area contributed by atoms with Crippen LogP contribution in [0.2, 0.25) is 0 Å². The van der Waals surface area contributed by atoms with Crippen molar-refractivity contribution < 1.29 is 13.2 Å². The normalized spacial score (nSPS) is 13.8. The number of carbonyl (C=O) groups is 1. The van der Waals surface area contributed by atoms with Crippen molar-refractivity contribution in [2.75, 3.05) is 10.6 Å². The van der Waals surface area contributed by atoms with Crippen LogP contribution in [0, 0.1) is 0 Å². The molecule has 20 heavy (non-hydrogen) atoms. The molecule has 7 nitrogen and oxygen atoms in total. The van der Waals surface area contributed by atoms with Crippen LogP contribution in [0.4, 0.5) is 5.69 Å². The van der Waals surface area contributed by atoms with Crippen molar-refractivity contribution in [2.45, 2.75) is 6.54 Å². The summed E-state index contributed by atoms with van der Waals surface area (Å²) >= 11 is 0. The second-order valence-corrected chi connectivity index (χ2v) is 6.48. The third-order valence-corrected chi connectivity index (χ3v) is 4.37. The fourth-order valence-electron chi connectivity index (χ4n) is 2.37. The molecule has 1 aliphatic heterocycles. The maximum atomic E-state index is 11.9. The highest BCUT2D eigenvalue weighted by molar-refractivity contribution is 7.92. The Morgan fingerprint density at radius 2 is 2.10 bits per heavy atom. The van der Waals surface area contributed by atoms with E-state index in [9.17, 15) is 13.2 Å². The van der Waals surface area contributed by atoms with E-state index in [1.165, 1.54) is 4.31 Å². The number of aromatic nitrogens is 2. The standard InChI is InChI=1S/C12H12N4O3S/c1-20(18,19)16-6-8-10(14-15-11(8)12(13)17)7-4-2-3-5-9(7)16/h2-5H,6H2,1H3,(H2,13,17)(H,14,15). The Morgan fingerprint density at radius 1 is 1.40 bits per heavy atom. The van der Waals surface area contributed by atoms with Gasteiger partial charge in [-0.05, 0) is 6.07 Å². The van der Waals surface area contributed by atoms with Gasteiger partial charge in [0.2, 0.25) is 10.0 Å². The quantitative estimate of drug-likeness (QED) is 0.837. The van der Waals surface area contributed by atoms with Gasteiger partial charge in [0.05, 0.1) is 24.2 Å². The van der Waals surface area contributed by atoms with E-state index in [4.69, 9.17) is 5.73 Å². The molecule has 2 heterocycles. The second kappa shape index (κ2) is 4.07. The van der Waals surface area contributed by atoms with Crippen LogP contribution in [0.25, 0.3) is 11.3 Å². The number of fused-ring (bicyclic) bond motifs is 3. The van der Waals surface area contributed by atoms with Gasteiger partial charge < -0.3 is 5.73 Å². The molecule has 0 aliphatic carbocycles. The molecule has 0 spiro atoms. The number of sulfonamides is 1. The largest absolute Gasteiger partial charge is 0.364 e. The molecule has 0 atom stereocenters. The number of anilines is 1. The van der Waals surface area contributed by atoms with Crippen molar-refractivity contribution in [1.82, 2.24) is 10.2 Å². The van der Waals surface area contributed by atoms with Crippen LogP contribution in [0.15, 0.2) is 24.3 Å². The highest BCUT2D eigenvalue weighted by Gasteiger charge is 2.32. The molecule has 1 aromatic heterocycles. The fourth-order valence-corrected chi connectivity index (χ4v) is 3.25. The molecule has 0 radical (unpaired) electrons. The molecule has 3 rings (SSSR count). The zero-order valence-corrected chi connectivity index (χ0v) is 11.4. The van der Waals surface area contributed by atoms with Gasteiger partial charge in [0.1, 0.15) is 0 Å². The SMILES string of the molecule is CS(=O)(=O)N1Cc2c(C(N)=O)n[nH]c2-c2ccccc21. The van der Waals surface area contributed by atoms with E-state index >= 15 is 0 Å². The van der Waals surface area contributed by atoms with Crippen molar-refractivity contribution in [3.05, 3.63) is 35.5 Å². The first-order valence-corrected chi connectivity index (χ1v) is 7.68. The smallest absolute Gasteiger partial charge is 0.269 e. The molecule has 0 bridgehead atoms. The van der Waals surface area contributed by atoms with Crippen LogP contribution < -0.4 is 10.0 Å². The molecule has 2 aromatic rings. The minimum Gasteiger partial charge on any atom is -0.364 e. The lowest BCUT2D eigenvalue weighted by atomic mass is 10.00. The lowest BCUT2D eigenvalue weighted by molar-refractivity contribution is 0.0994. The number of primary amides is 1. The Morgan fingerprint density at radius 3 is 2.75 bits per heavy atom. The highest BCUT2D eigenvalue weighted by Crippen LogP contribution is 2.39. The summed E-state index contributed by atoms with van der Waals surface area (Å²) < 4.78 is 25.1. The van der Waals surface area contributed by atoms with E-state index in [0.29, 0.717) is 22.5 Å². The molecule has 0 saturated carbocycles. The van der Waals surface area contributed by atoms with Crippen LogP contribution in [0.1, 0.15) is 16.1 Å². The van der Waals surface area contributed by atoms with Crippen LogP contribution in [0.5, 0.6) is 0 Å². The van der Waals surface area contributed by atoms with Crippen molar-refractivity contribution in [3.8, 4) is 11.3 Å². The summed E-state index contributed by atoms with van der Waals surface area (Å²) in [6, 6.07) is 7.03. The number of nitrogens with zero attached hydrogens (tertiary/aromatic N) is 2. The maximum absolute atomic E-state index is 11.9. The van der Waals surface area contributed by atoms with E-state index in [-0.39, 0.29) is 12.2 Å². The summed E-state index contributed by atoms with van der Waals surface area (Å²) in [4.78, 5) is 11.4. The van der Waals surface area contributed by atoms with Gasteiger partial charge >= 0.3 is 0 Å². The van der Waals surface area contributed by atoms with Crippen LogP contribution in [-0.2, 0) is 16.6 Å². The number of nitrogens with two attached hydrogens (primary N) is 1. The second-order valence-electron chi connectivity index (χ2n) is 4.58. The zero-order chi connectivity index (χ0) is 14.5. The van der Waals surface area contributed by atoms with Crippen LogP contribution in [-0.4, -0.2) is 30.8 Å². The van der Waals surface area contributed by atoms with E-state index in [1.807, 2.05) is 0 Å². The summed E-state index contributed by atoms with van der Waals surface area (Å²) in [5, 5.41) is 6.66. The number of hydrogen-bond donors (Lipinski definition) is 2. The Hall–Kier alpha value is -2.35. The Bertz CT molecular complexity index is 810. The number of rotatable bonds is 2. The summed E-state index contributed by atoms with van der Waals surface area (Å²) in [5.74, 6) is -0.685. The minimum absolute atomic E-state index is 0.0416. The average Bonchev–Trinajstić information content (AvgIpc) is 2.80. The third-order valence-electron chi connectivity index (χ3n) is 3.24. The number of amides is 1. The van der Waals surface area contributed by atoms with Crippen LogP contribution >= 0.6 is 0 Å². The molecule has 0 saturated heterocycles. The monoisotopic (exact) mass is 292 g/mol. The lowest BCUT2D eigenvalue weighted by Gasteiger charge is -2.29. The minimum atomic E-state index is -3.46. The van der Waals surface area contributed by atoms with Gasteiger partial charge in [-0.3, -0.25) is 14.2 Å². The molecule has 1 amide bonds. The van der Waals surface area contributed by atoms with Crippen LogP contribution in [0.3, 0.4) is 0 Å². The first-order valence-electron chi connectivity index (χ1n) is 5.83. The number of benzene rings is 1. The van der Waals surface area contributed by atoms with Crippen molar-refractivity contribution >= 4 is 21.6 Å². The Kier molecular flexibility index (Phi) is 2.58.